The number of carboxylic acids is 1. The molecule has 124 valence electrons. The van der Waals surface area contributed by atoms with Gasteiger partial charge in [0.15, 0.2) is 5.69 Å². The number of aromatic carboxylic acids is 1. The number of hydrogen-bond acceptors (Lipinski definition) is 5. The fourth-order valence-electron chi connectivity index (χ4n) is 2.42. The molecule has 7 nitrogen and oxygen atoms in total. The second kappa shape index (κ2) is 6.94. The van der Waals surface area contributed by atoms with E-state index in [4.69, 9.17) is 21.4 Å². The van der Waals surface area contributed by atoms with Crippen molar-refractivity contribution in [3.8, 4) is 0 Å². The van der Waals surface area contributed by atoms with E-state index in [1.165, 1.54) is 6.20 Å². The van der Waals surface area contributed by atoms with Gasteiger partial charge in [0.05, 0.1) is 25.5 Å². The molecule has 24 heavy (non-hydrogen) atoms. The number of carbonyl (C=O) groups is 2. The Hall–Kier alpha value is -2.51. The molecule has 0 radical (unpaired) electrons. The smallest absolute Gasteiger partial charge is 0.356 e. The lowest BCUT2D eigenvalue weighted by Gasteiger charge is -2.33. The first kappa shape index (κ1) is 16.4. The van der Waals surface area contributed by atoms with Crippen molar-refractivity contribution in [3.05, 3.63) is 58.6 Å². The minimum absolute atomic E-state index is 0.108. The fourth-order valence-corrected chi connectivity index (χ4v) is 2.55. The van der Waals surface area contributed by atoms with Crippen LogP contribution in [0.1, 0.15) is 32.6 Å². The number of hydrogen-bond donors (Lipinski definition) is 1. The van der Waals surface area contributed by atoms with Crippen molar-refractivity contribution in [3.63, 3.8) is 0 Å². The zero-order chi connectivity index (χ0) is 17.1. The second-order valence-corrected chi connectivity index (χ2v) is 5.69. The molecule has 1 aromatic carbocycles. The summed E-state index contributed by atoms with van der Waals surface area (Å²) in [7, 11) is 0. The predicted molar refractivity (Wildman–Crippen MR) is 85.0 cm³/mol. The highest BCUT2D eigenvalue weighted by molar-refractivity contribution is 6.30. The van der Waals surface area contributed by atoms with Gasteiger partial charge in [0.25, 0.3) is 5.91 Å². The van der Waals surface area contributed by atoms with Crippen LogP contribution in [-0.4, -0.2) is 51.5 Å². The molecule has 3 rings (SSSR count). The number of amides is 1. The monoisotopic (exact) mass is 347 g/mol. The average Bonchev–Trinajstić information content (AvgIpc) is 2.62. The largest absolute Gasteiger partial charge is 0.476 e. The second-order valence-electron chi connectivity index (χ2n) is 5.25. The molecule has 1 atom stereocenters. The van der Waals surface area contributed by atoms with Crippen LogP contribution in [0, 0.1) is 0 Å². The first-order valence-electron chi connectivity index (χ1n) is 7.26. The van der Waals surface area contributed by atoms with E-state index >= 15 is 0 Å². The van der Waals surface area contributed by atoms with Gasteiger partial charge in [-0.25, -0.2) is 14.8 Å². The Bertz CT molecular complexity index is 749. The first-order chi connectivity index (χ1) is 11.5. The Labute approximate surface area is 142 Å². The zero-order valence-electron chi connectivity index (χ0n) is 12.6. The summed E-state index contributed by atoms with van der Waals surface area (Å²) < 4.78 is 5.72. The van der Waals surface area contributed by atoms with E-state index in [1.54, 1.807) is 17.0 Å². The van der Waals surface area contributed by atoms with Crippen LogP contribution >= 0.6 is 11.6 Å². The summed E-state index contributed by atoms with van der Waals surface area (Å²) in [5, 5.41) is 9.45. The minimum Gasteiger partial charge on any atom is -0.476 e. The molecule has 1 aliphatic rings. The summed E-state index contributed by atoms with van der Waals surface area (Å²) in [6.07, 6.45) is 2.01. The molecule has 2 aromatic rings. The number of halogens is 1. The van der Waals surface area contributed by atoms with Crippen LogP contribution in [0.2, 0.25) is 5.02 Å². The topological polar surface area (TPSA) is 92.6 Å². The van der Waals surface area contributed by atoms with Gasteiger partial charge in [-0.15, -0.1) is 0 Å². The van der Waals surface area contributed by atoms with Crippen LogP contribution in [-0.2, 0) is 4.74 Å². The lowest BCUT2D eigenvalue weighted by Crippen LogP contribution is -2.42. The maximum atomic E-state index is 12.5. The van der Waals surface area contributed by atoms with Crippen molar-refractivity contribution in [1.82, 2.24) is 14.9 Å². The van der Waals surface area contributed by atoms with Crippen LogP contribution in [0.5, 0.6) is 0 Å². The summed E-state index contributed by atoms with van der Waals surface area (Å²) in [4.78, 5) is 32.5. The lowest BCUT2D eigenvalue weighted by molar-refractivity contribution is -0.0230. The van der Waals surface area contributed by atoms with Gasteiger partial charge in [0, 0.05) is 11.6 Å². The molecule has 0 saturated carbocycles. The Balaban J connectivity index is 1.72. The van der Waals surface area contributed by atoms with E-state index in [0.29, 0.717) is 24.7 Å². The molecule has 1 unspecified atom stereocenters. The van der Waals surface area contributed by atoms with Gasteiger partial charge < -0.3 is 14.7 Å². The third kappa shape index (κ3) is 3.52. The molecule has 1 saturated heterocycles. The summed E-state index contributed by atoms with van der Waals surface area (Å²) in [5.74, 6) is -1.49. The van der Waals surface area contributed by atoms with Gasteiger partial charge in [-0.1, -0.05) is 23.7 Å². The standard InChI is InChI=1S/C16H14ClN3O4/c17-11-3-1-10(2-4-11)14-9-20(5-6-24-14)15(21)12-7-19-13(8-18-12)16(22)23/h1-4,7-8,14H,5-6,9H2,(H,22,23). The number of nitrogens with zero attached hydrogens (tertiary/aromatic N) is 3. The summed E-state index contributed by atoms with van der Waals surface area (Å²) >= 11 is 5.88. The molecule has 0 aliphatic carbocycles. The Kier molecular flexibility index (Phi) is 4.73. The third-order valence-corrected chi connectivity index (χ3v) is 3.94. The molecular weight excluding hydrogens is 334 g/mol. The highest BCUT2D eigenvalue weighted by Crippen LogP contribution is 2.24. The predicted octanol–water partition coefficient (Wildman–Crippen LogP) is 2.04. The number of morpholine rings is 1. The lowest BCUT2D eigenvalue weighted by atomic mass is 10.1. The van der Waals surface area contributed by atoms with E-state index < -0.39 is 5.97 Å². The van der Waals surface area contributed by atoms with E-state index in [0.717, 1.165) is 11.8 Å². The van der Waals surface area contributed by atoms with Crippen molar-refractivity contribution in [2.75, 3.05) is 19.7 Å². The van der Waals surface area contributed by atoms with Gasteiger partial charge in [0.2, 0.25) is 0 Å². The Morgan fingerprint density at radius 2 is 1.83 bits per heavy atom. The van der Waals surface area contributed by atoms with Gasteiger partial charge in [-0.05, 0) is 17.7 Å². The van der Waals surface area contributed by atoms with Crippen LogP contribution in [0.25, 0.3) is 0 Å². The van der Waals surface area contributed by atoms with Crippen LogP contribution < -0.4 is 0 Å². The number of aromatic nitrogens is 2. The number of ether oxygens (including phenoxy) is 1. The highest BCUT2D eigenvalue weighted by atomic mass is 35.5. The molecule has 1 fully saturated rings. The van der Waals surface area contributed by atoms with Gasteiger partial charge >= 0.3 is 5.97 Å². The van der Waals surface area contributed by atoms with Crippen molar-refractivity contribution in [1.29, 1.82) is 0 Å². The molecule has 2 heterocycles. The van der Waals surface area contributed by atoms with Crippen molar-refractivity contribution >= 4 is 23.5 Å². The number of carbonyl (C=O) groups excluding carboxylic acids is 1. The number of carboxylic acid groups (broad SMARTS) is 1. The fraction of sp³-hybridized carbons (Fsp3) is 0.250. The number of benzene rings is 1. The van der Waals surface area contributed by atoms with E-state index in [9.17, 15) is 9.59 Å². The van der Waals surface area contributed by atoms with Crippen LogP contribution in [0.15, 0.2) is 36.7 Å². The van der Waals surface area contributed by atoms with E-state index in [-0.39, 0.29) is 23.4 Å². The van der Waals surface area contributed by atoms with Crippen LogP contribution in [0.4, 0.5) is 0 Å². The van der Waals surface area contributed by atoms with Gasteiger partial charge in [-0.2, -0.15) is 0 Å². The molecule has 0 spiro atoms. The van der Waals surface area contributed by atoms with Gasteiger partial charge in [0.1, 0.15) is 11.8 Å². The molecule has 1 aromatic heterocycles. The SMILES string of the molecule is O=C(O)c1cnc(C(=O)N2CCOC(c3ccc(Cl)cc3)C2)cn1. The quantitative estimate of drug-likeness (QED) is 0.913. The van der Waals surface area contributed by atoms with E-state index in [1.807, 2.05) is 12.1 Å². The summed E-state index contributed by atoms with van der Waals surface area (Å²) in [6.45, 7) is 1.22. The maximum Gasteiger partial charge on any atom is 0.356 e. The highest BCUT2D eigenvalue weighted by Gasteiger charge is 2.27. The van der Waals surface area contributed by atoms with Crippen LogP contribution in [0.3, 0.4) is 0 Å². The molecule has 1 aliphatic heterocycles. The first-order valence-corrected chi connectivity index (χ1v) is 7.64. The average molecular weight is 348 g/mol. The van der Waals surface area contributed by atoms with Crippen molar-refractivity contribution < 1.29 is 19.4 Å². The van der Waals surface area contributed by atoms with E-state index in [2.05, 4.69) is 9.97 Å². The minimum atomic E-state index is -1.18. The molecule has 1 amide bonds. The summed E-state index contributed by atoms with van der Waals surface area (Å²) in [6, 6.07) is 7.28. The van der Waals surface area contributed by atoms with Gasteiger partial charge in [-0.3, -0.25) is 4.79 Å². The molecule has 1 N–H and O–H groups in total. The zero-order valence-corrected chi connectivity index (χ0v) is 13.3. The Morgan fingerprint density at radius 1 is 1.17 bits per heavy atom. The van der Waals surface area contributed by atoms with Crippen molar-refractivity contribution in [2.45, 2.75) is 6.10 Å². The van der Waals surface area contributed by atoms with Crippen molar-refractivity contribution in [2.24, 2.45) is 0 Å². The summed E-state index contributed by atoms with van der Waals surface area (Å²) in [5.41, 5.74) is 0.841. The number of rotatable bonds is 3. The molecule has 0 bridgehead atoms. The normalized spacial score (nSPS) is 17.5. The Morgan fingerprint density at radius 3 is 2.46 bits per heavy atom. The maximum absolute atomic E-state index is 12.5. The molecule has 8 heteroatoms. The third-order valence-electron chi connectivity index (χ3n) is 3.69. The molecular formula is C16H14ClN3O4.